The van der Waals surface area contributed by atoms with Gasteiger partial charge in [-0.2, -0.15) is 4.99 Å². The van der Waals surface area contributed by atoms with Gasteiger partial charge in [0.2, 0.25) is 0 Å². The first-order valence-corrected chi connectivity index (χ1v) is 11.4. The largest absolute Gasteiger partial charge is 0.465 e. The van der Waals surface area contributed by atoms with Crippen LogP contribution in [0.25, 0.3) is 10.2 Å². The number of amides is 3. The molecule has 2 heterocycles. The van der Waals surface area contributed by atoms with Crippen LogP contribution in [0.5, 0.6) is 0 Å². The fourth-order valence-electron chi connectivity index (χ4n) is 3.68. The summed E-state index contributed by atoms with van der Waals surface area (Å²) in [7, 11) is 0. The van der Waals surface area contributed by atoms with Gasteiger partial charge < -0.3 is 9.30 Å². The van der Waals surface area contributed by atoms with Crippen LogP contribution in [0.1, 0.15) is 53.0 Å². The van der Waals surface area contributed by atoms with Crippen molar-refractivity contribution in [1.29, 1.82) is 0 Å². The van der Waals surface area contributed by atoms with Crippen LogP contribution in [0.4, 0.5) is 0 Å². The Morgan fingerprint density at radius 2 is 1.70 bits per heavy atom. The average Bonchev–Trinajstić information content (AvgIpc) is 3.23. The van der Waals surface area contributed by atoms with E-state index in [1.165, 1.54) is 11.3 Å². The molecule has 4 rings (SSSR count). The molecule has 0 atom stereocenters. The summed E-state index contributed by atoms with van der Waals surface area (Å²) >= 11 is 1.27. The van der Waals surface area contributed by atoms with Gasteiger partial charge in [-0.3, -0.25) is 24.1 Å². The predicted octanol–water partition coefficient (Wildman–Crippen LogP) is 3.11. The van der Waals surface area contributed by atoms with Gasteiger partial charge in [-0.05, 0) is 42.7 Å². The molecule has 0 radical (unpaired) electrons. The van der Waals surface area contributed by atoms with E-state index in [9.17, 15) is 19.2 Å². The molecule has 0 aliphatic carbocycles. The highest BCUT2D eigenvalue weighted by Gasteiger charge is 2.36. The van der Waals surface area contributed by atoms with Gasteiger partial charge in [-0.15, -0.1) is 0 Å². The van der Waals surface area contributed by atoms with Crippen LogP contribution in [0.2, 0.25) is 0 Å². The SMILES string of the molecule is CCOC(=O)Cn1c(=NC(=O)CN2C(=O)c3ccccc3C2=O)sc2cc(C(C)C)ccc21. The molecule has 0 fully saturated rings. The van der Waals surface area contributed by atoms with E-state index < -0.39 is 30.2 Å². The summed E-state index contributed by atoms with van der Waals surface area (Å²) in [5.41, 5.74) is 2.42. The number of fused-ring (bicyclic) bond motifs is 2. The van der Waals surface area contributed by atoms with E-state index in [0.29, 0.717) is 10.7 Å². The molecule has 3 aromatic rings. The Morgan fingerprint density at radius 3 is 2.30 bits per heavy atom. The standard InChI is InChI=1S/C24H23N3O5S/c1-4-32-21(29)13-26-18-10-9-15(14(2)3)11-19(18)33-24(26)25-20(28)12-27-22(30)16-7-5-6-8-17(16)23(27)31/h5-11,14H,4,12-13H2,1-3H3. The molecular weight excluding hydrogens is 442 g/mol. The number of carbonyl (C=O) groups is 4. The number of nitrogens with zero attached hydrogens (tertiary/aromatic N) is 3. The van der Waals surface area contributed by atoms with Gasteiger partial charge in [-0.25, -0.2) is 0 Å². The first-order chi connectivity index (χ1) is 15.8. The van der Waals surface area contributed by atoms with Crippen molar-refractivity contribution < 1.29 is 23.9 Å². The minimum atomic E-state index is -0.655. The summed E-state index contributed by atoms with van der Waals surface area (Å²) in [6, 6.07) is 12.3. The van der Waals surface area contributed by atoms with E-state index in [1.54, 1.807) is 35.8 Å². The van der Waals surface area contributed by atoms with Crippen molar-refractivity contribution in [1.82, 2.24) is 9.47 Å². The zero-order valence-electron chi connectivity index (χ0n) is 18.5. The van der Waals surface area contributed by atoms with Gasteiger partial charge in [0.05, 0.1) is 28.0 Å². The Kier molecular flexibility index (Phi) is 6.24. The molecule has 1 aliphatic heterocycles. The molecule has 0 saturated carbocycles. The van der Waals surface area contributed by atoms with Crippen LogP contribution < -0.4 is 4.80 Å². The van der Waals surface area contributed by atoms with Crippen LogP contribution in [-0.2, 0) is 20.9 Å². The molecule has 8 nitrogen and oxygen atoms in total. The lowest BCUT2D eigenvalue weighted by Gasteiger charge is -2.10. The second-order valence-electron chi connectivity index (χ2n) is 7.91. The average molecular weight is 466 g/mol. The number of ether oxygens (including phenoxy) is 1. The molecule has 0 saturated heterocycles. The molecule has 0 spiro atoms. The van der Waals surface area contributed by atoms with Gasteiger partial charge in [0, 0.05) is 0 Å². The van der Waals surface area contributed by atoms with Crippen LogP contribution in [0.3, 0.4) is 0 Å². The molecule has 1 aliphatic rings. The van der Waals surface area contributed by atoms with Crippen LogP contribution in [0.15, 0.2) is 47.5 Å². The molecule has 170 valence electrons. The third-order valence-electron chi connectivity index (χ3n) is 5.36. The third-order valence-corrected chi connectivity index (χ3v) is 6.40. The van der Waals surface area contributed by atoms with Crippen molar-refractivity contribution in [2.45, 2.75) is 33.2 Å². The highest BCUT2D eigenvalue weighted by Crippen LogP contribution is 2.24. The first-order valence-electron chi connectivity index (χ1n) is 10.6. The summed E-state index contributed by atoms with van der Waals surface area (Å²) in [6.07, 6.45) is 0. The lowest BCUT2D eigenvalue weighted by Crippen LogP contribution is -2.35. The molecule has 0 N–H and O–H groups in total. The Hall–Kier alpha value is -3.59. The van der Waals surface area contributed by atoms with Crippen molar-refractivity contribution in [2.24, 2.45) is 4.99 Å². The number of esters is 1. The van der Waals surface area contributed by atoms with Crippen LogP contribution in [0, 0.1) is 0 Å². The van der Waals surface area contributed by atoms with Crippen LogP contribution >= 0.6 is 11.3 Å². The van der Waals surface area contributed by atoms with Gasteiger partial charge in [0.15, 0.2) is 4.80 Å². The number of carbonyl (C=O) groups excluding carboxylic acids is 4. The smallest absolute Gasteiger partial charge is 0.326 e. The Labute approximate surface area is 194 Å². The van der Waals surface area contributed by atoms with Crippen molar-refractivity contribution in [3.05, 3.63) is 64.0 Å². The topological polar surface area (TPSA) is 98.0 Å². The summed E-state index contributed by atoms with van der Waals surface area (Å²) in [5, 5.41) is 0. The van der Waals surface area contributed by atoms with Gasteiger partial charge in [0.25, 0.3) is 17.7 Å². The fraction of sp³-hybridized carbons (Fsp3) is 0.292. The summed E-state index contributed by atoms with van der Waals surface area (Å²) in [6.45, 7) is 5.55. The second-order valence-corrected chi connectivity index (χ2v) is 8.91. The normalized spacial score (nSPS) is 13.8. The molecule has 1 aromatic heterocycles. The Bertz CT molecular complexity index is 1320. The summed E-state index contributed by atoms with van der Waals surface area (Å²) < 4.78 is 7.58. The number of benzene rings is 2. The minimum absolute atomic E-state index is 0.103. The molecule has 0 unspecified atom stereocenters. The number of thiazole rings is 1. The number of hydrogen-bond acceptors (Lipinski definition) is 6. The van der Waals surface area contributed by atoms with Crippen molar-refractivity contribution in [3.63, 3.8) is 0 Å². The summed E-state index contributed by atoms with van der Waals surface area (Å²) in [4.78, 5) is 55.5. The van der Waals surface area contributed by atoms with Crippen molar-refractivity contribution >= 4 is 45.2 Å². The molecule has 9 heteroatoms. The highest BCUT2D eigenvalue weighted by atomic mass is 32.1. The van der Waals surface area contributed by atoms with Crippen molar-refractivity contribution in [2.75, 3.05) is 13.2 Å². The lowest BCUT2D eigenvalue weighted by molar-refractivity contribution is -0.143. The number of imide groups is 1. The monoisotopic (exact) mass is 465 g/mol. The Morgan fingerprint density at radius 1 is 1.03 bits per heavy atom. The maximum atomic E-state index is 12.8. The Balaban J connectivity index is 1.69. The highest BCUT2D eigenvalue weighted by molar-refractivity contribution is 7.16. The third kappa shape index (κ3) is 4.36. The zero-order chi connectivity index (χ0) is 23.7. The van der Waals surface area contributed by atoms with Gasteiger partial charge >= 0.3 is 5.97 Å². The molecular formula is C24H23N3O5S. The van der Waals surface area contributed by atoms with E-state index in [1.807, 2.05) is 18.2 Å². The quantitative estimate of drug-likeness (QED) is 0.412. The van der Waals surface area contributed by atoms with Gasteiger partial charge in [-0.1, -0.05) is 43.4 Å². The number of rotatable bonds is 6. The maximum absolute atomic E-state index is 12.8. The summed E-state index contributed by atoms with van der Waals surface area (Å²) in [5.74, 6) is -1.82. The predicted molar refractivity (Wildman–Crippen MR) is 123 cm³/mol. The van der Waals surface area contributed by atoms with Crippen LogP contribution in [-0.4, -0.2) is 46.3 Å². The fourth-order valence-corrected chi connectivity index (χ4v) is 4.78. The van der Waals surface area contributed by atoms with E-state index in [2.05, 4.69) is 18.8 Å². The molecule has 33 heavy (non-hydrogen) atoms. The maximum Gasteiger partial charge on any atom is 0.326 e. The lowest BCUT2D eigenvalue weighted by atomic mass is 10.0. The molecule has 2 aromatic carbocycles. The first kappa shape index (κ1) is 22.6. The van der Waals surface area contributed by atoms with E-state index >= 15 is 0 Å². The van der Waals surface area contributed by atoms with Gasteiger partial charge in [0.1, 0.15) is 13.1 Å². The number of hydrogen-bond donors (Lipinski definition) is 0. The molecule has 3 amide bonds. The van der Waals surface area contributed by atoms with E-state index in [4.69, 9.17) is 4.74 Å². The molecule has 0 bridgehead atoms. The van der Waals surface area contributed by atoms with E-state index in [0.717, 1.165) is 20.7 Å². The number of aromatic nitrogens is 1. The van der Waals surface area contributed by atoms with Crippen molar-refractivity contribution in [3.8, 4) is 0 Å². The minimum Gasteiger partial charge on any atom is -0.465 e. The van der Waals surface area contributed by atoms with E-state index in [-0.39, 0.29) is 24.3 Å². The zero-order valence-corrected chi connectivity index (χ0v) is 19.3. The second kappa shape index (κ2) is 9.11.